The first-order valence-electron chi connectivity index (χ1n) is 10.1. The summed E-state index contributed by atoms with van der Waals surface area (Å²) in [7, 11) is 0. The van der Waals surface area contributed by atoms with E-state index in [-0.39, 0.29) is 5.02 Å². The molecule has 2 N–H and O–H groups in total. The van der Waals surface area contributed by atoms with Crippen LogP contribution in [-0.4, -0.2) is 26.5 Å². The van der Waals surface area contributed by atoms with Crippen LogP contribution in [0, 0.1) is 0 Å². The molecule has 0 unspecified atom stereocenters. The van der Waals surface area contributed by atoms with E-state index in [4.69, 9.17) is 11.6 Å². The van der Waals surface area contributed by atoms with Crippen LogP contribution in [0.25, 0.3) is 33.7 Å². The van der Waals surface area contributed by atoms with E-state index in [2.05, 4.69) is 30.2 Å². The van der Waals surface area contributed by atoms with Crippen molar-refractivity contribution in [3.63, 3.8) is 0 Å². The Balaban J connectivity index is 1.38. The van der Waals surface area contributed by atoms with E-state index in [9.17, 15) is 13.2 Å². The zero-order valence-electron chi connectivity index (χ0n) is 17.3. The second kappa shape index (κ2) is 8.68. The fourth-order valence-corrected chi connectivity index (χ4v) is 3.61. The molecule has 10 heteroatoms. The number of ether oxygens (including phenoxy) is 1. The Hall–Kier alpha value is -4.11. The number of rotatable bonds is 5. The number of nitrogens with zero attached hydrogens (tertiary/aromatic N) is 3. The van der Waals surface area contributed by atoms with Crippen LogP contribution in [0.15, 0.2) is 78.9 Å². The second-order valence-corrected chi connectivity index (χ2v) is 7.72. The van der Waals surface area contributed by atoms with Gasteiger partial charge in [-0.2, -0.15) is 0 Å². The molecule has 34 heavy (non-hydrogen) atoms. The van der Waals surface area contributed by atoms with Crippen LogP contribution in [0.1, 0.15) is 0 Å². The summed E-state index contributed by atoms with van der Waals surface area (Å²) in [4.78, 5) is 7.46. The van der Waals surface area contributed by atoms with E-state index < -0.39 is 12.1 Å². The van der Waals surface area contributed by atoms with Gasteiger partial charge in [0.25, 0.3) is 0 Å². The number of hydrogen-bond acceptors (Lipinski definition) is 5. The van der Waals surface area contributed by atoms with Crippen LogP contribution < -0.4 is 10.1 Å². The van der Waals surface area contributed by atoms with Crippen LogP contribution in [0.2, 0.25) is 5.02 Å². The van der Waals surface area contributed by atoms with Crippen LogP contribution in [0.4, 0.5) is 24.7 Å². The fraction of sp³-hybridized carbons (Fsp3) is 0.0417. The van der Waals surface area contributed by atoms with Crippen molar-refractivity contribution < 1.29 is 17.9 Å². The highest BCUT2D eigenvalue weighted by atomic mass is 35.5. The average molecular weight is 482 g/mol. The number of aromatic amines is 1. The number of alkyl halides is 3. The molecule has 0 saturated heterocycles. The lowest BCUT2D eigenvalue weighted by Crippen LogP contribution is -2.17. The van der Waals surface area contributed by atoms with Gasteiger partial charge < -0.3 is 15.0 Å². The summed E-state index contributed by atoms with van der Waals surface area (Å²) in [5.41, 5.74) is 3.95. The fourth-order valence-electron chi connectivity index (χ4n) is 3.40. The molecule has 2 heterocycles. The highest BCUT2D eigenvalue weighted by Crippen LogP contribution is 2.34. The number of benzene rings is 3. The molecule has 5 rings (SSSR count). The van der Waals surface area contributed by atoms with Crippen molar-refractivity contribution in [2.24, 2.45) is 0 Å². The maximum atomic E-state index is 12.6. The molecular formula is C24H15ClF3N5O. The van der Waals surface area contributed by atoms with Gasteiger partial charge >= 0.3 is 6.36 Å². The van der Waals surface area contributed by atoms with Gasteiger partial charge in [0.1, 0.15) is 11.6 Å². The lowest BCUT2D eigenvalue weighted by atomic mass is 10.1. The quantitative estimate of drug-likeness (QED) is 0.283. The molecule has 0 fully saturated rings. The largest absolute Gasteiger partial charge is 0.573 e. The summed E-state index contributed by atoms with van der Waals surface area (Å²) in [5.74, 6) is 0.513. The third-order valence-corrected chi connectivity index (χ3v) is 5.20. The summed E-state index contributed by atoms with van der Waals surface area (Å²) in [6.45, 7) is 0. The average Bonchev–Trinajstić information content (AvgIpc) is 3.22. The Morgan fingerprint density at radius 1 is 0.853 bits per heavy atom. The van der Waals surface area contributed by atoms with Crippen molar-refractivity contribution in [2.45, 2.75) is 6.36 Å². The minimum absolute atomic E-state index is 0.173. The number of nitrogens with one attached hydrogen (secondary N) is 2. The topological polar surface area (TPSA) is 75.7 Å². The minimum atomic E-state index is -4.85. The monoisotopic (exact) mass is 481 g/mol. The lowest BCUT2D eigenvalue weighted by Gasteiger charge is -2.09. The SMILES string of the molecule is FC(F)(F)Oc1cc2nc(-c3cccc(Nc4ccc(-c5ccccc5)nn4)c3)[nH]c2cc1Cl. The number of imidazole rings is 1. The van der Waals surface area contributed by atoms with Crippen molar-refractivity contribution >= 4 is 34.1 Å². The molecule has 2 aromatic heterocycles. The standard InChI is InChI=1S/C24H15ClF3N5O/c25-17-12-19-20(13-21(17)34-24(26,27)28)31-23(30-19)15-7-4-8-16(11-15)29-22-10-9-18(32-33-22)14-5-2-1-3-6-14/h1-13H,(H,29,33)(H,30,31). The lowest BCUT2D eigenvalue weighted by molar-refractivity contribution is -0.274. The van der Waals surface area contributed by atoms with Crippen molar-refractivity contribution in [1.82, 2.24) is 20.2 Å². The van der Waals surface area contributed by atoms with E-state index in [1.54, 1.807) is 0 Å². The number of fused-ring (bicyclic) bond motifs is 1. The zero-order chi connectivity index (χ0) is 23.7. The summed E-state index contributed by atoms with van der Waals surface area (Å²) in [6, 6.07) is 23.2. The molecule has 5 aromatic rings. The first-order valence-corrected chi connectivity index (χ1v) is 10.4. The van der Waals surface area contributed by atoms with Gasteiger partial charge in [-0.15, -0.1) is 23.4 Å². The van der Waals surface area contributed by atoms with Crippen molar-refractivity contribution in [1.29, 1.82) is 0 Å². The van der Waals surface area contributed by atoms with Gasteiger partial charge in [-0.05, 0) is 30.3 Å². The first-order chi connectivity index (χ1) is 16.3. The maximum Gasteiger partial charge on any atom is 0.573 e. The highest BCUT2D eigenvalue weighted by Gasteiger charge is 2.32. The molecular weight excluding hydrogens is 467 g/mol. The van der Waals surface area contributed by atoms with Crippen molar-refractivity contribution in [3.05, 3.63) is 83.9 Å². The molecule has 0 amide bonds. The number of hydrogen-bond donors (Lipinski definition) is 2. The van der Waals surface area contributed by atoms with Crippen LogP contribution in [0.5, 0.6) is 5.75 Å². The van der Waals surface area contributed by atoms with Gasteiger partial charge in [-0.3, -0.25) is 0 Å². The van der Waals surface area contributed by atoms with E-state index in [0.29, 0.717) is 28.2 Å². The predicted octanol–water partition coefficient (Wildman–Crippen LogP) is 6.98. The van der Waals surface area contributed by atoms with Gasteiger partial charge in [0, 0.05) is 22.9 Å². The molecule has 0 aliphatic carbocycles. The molecule has 3 aromatic carbocycles. The Labute approximate surface area is 196 Å². The molecule has 0 saturated carbocycles. The van der Waals surface area contributed by atoms with Crippen molar-refractivity contribution in [3.8, 4) is 28.4 Å². The second-order valence-electron chi connectivity index (χ2n) is 7.31. The van der Waals surface area contributed by atoms with Gasteiger partial charge in [0.15, 0.2) is 5.82 Å². The molecule has 0 radical (unpaired) electrons. The van der Waals surface area contributed by atoms with E-state index in [1.165, 1.54) is 6.07 Å². The summed E-state index contributed by atoms with van der Waals surface area (Å²) < 4.78 is 41.8. The predicted molar refractivity (Wildman–Crippen MR) is 124 cm³/mol. The Bertz CT molecular complexity index is 1450. The molecule has 170 valence electrons. The summed E-state index contributed by atoms with van der Waals surface area (Å²) >= 11 is 5.93. The minimum Gasteiger partial charge on any atom is -0.404 e. The number of H-pyrrole nitrogens is 1. The van der Waals surface area contributed by atoms with E-state index in [1.807, 2.05) is 66.7 Å². The van der Waals surface area contributed by atoms with Crippen LogP contribution in [-0.2, 0) is 0 Å². The zero-order valence-corrected chi connectivity index (χ0v) is 18.0. The Morgan fingerprint density at radius 2 is 1.65 bits per heavy atom. The van der Waals surface area contributed by atoms with Gasteiger partial charge in [-0.1, -0.05) is 54.1 Å². The third-order valence-electron chi connectivity index (χ3n) is 4.90. The smallest absolute Gasteiger partial charge is 0.404 e. The number of aromatic nitrogens is 4. The molecule has 0 bridgehead atoms. The highest BCUT2D eigenvalue weighted by molar-refractivity contribution is 6.32. The summed E-state index contributed by atoms with van der Waals surface area (Å²) in [6.07, 6.45) is -4.85. The van der Waals surface area contributed by atoms with E-state index in [0.717, 1.165) is 23.0 Å². The van der Waals surface area contributed by atoms with Gasteiger partial charge in [0.05, 0.1) is 21.7 Å². The molecule has 0 atom stereocenters. The first kappa shape index (κ1) is 21.7. The maximum absolute atomic E-state index is 12.6. The normalized spacial score (nSPS) is 11.5. The number of anilines is 2. The Morgan fingerprint density at radius 3 is 2.38 bits per heavy atom. The van der Waals surface area contributed by atoms with Crippen LogP contribution in [0.3, 0.4) is 0 Å². The van der Waals surface area contributed by atoms with Gasteiger partial charge in [-0.25, -0.2) is 4.98 Å². The molecule has 6 nitrogen and oxygen atoms in total. The van der Waals surface area contributed by atoms with Gasteiger partial charge in [0.2, 0.25) is 0 Å². The number of halogens is 4. The summed E-state index contributed by atoms with van der Waals surface area (Å²) in [5, 5.41) is 11.5. The Kier molecular flexibility index (Phi) is 5.54. The third kappa shape index (κ3) is 4.79. The van der Waals surface area contributed by atoms with Crippen molar-refractivity contribution in [2.75, 3.05) is 5.32 Å². The molecule has 0 aliphatic rings. The molecule has 0 aliphatic heterocycles. The van der Waals surface area contributed by atoms with E-state index >= 15 is 0 Å². The molecule has 0 spiro atoms. The van der Waals surface area contributed by atoms with Crippen LogP contribution >= 0.6 is 11.6 Å².